The topological polar surface area (TPSA) is 62.2 Å². The van der Waals surface area contributed by atoms with E-state index in [4.69, 9.17) is 5.11 Å². The number of carbonyl (C=O) groups is 1. The zero-order chi connectivity index (χ0) is 14.1. The van der Waals surface area contributed by atoms with Gasteiger partial charge in [-0.1, -0.05) is 6.07 Å². The molecule has 1 amide bonds. The first-order valence-electron chi connectivity index (χ1n) is 6.69. The maximum Gasteiger partial charge on any atom is 0.231 e. The molecule has 1 atom stereocenters. The molecule has 1 aliphatic rings. The minimum atomic E-state index is -0.112. The quantitative estimate of drug-likeness (QED) is 0.898. The van der Waals surface area contributed by atoms with Gasteiger partial charge in [0.25, 0.3) is 0 Å². The van der Waals surface area contributed by atoms with Gasteiger partial charge in [0.2, 0.25) is 5.91 Å². The van der Waals surface area contributed by atoms with Gasteiger partial charge in [0.05, 0.1) is 5.92 Å². The molecule has 0 saturated heterocycles. The first kappa shape index (κ1) is 12.8. The summed E-state index contributed by atoms with van der Waals surface area (Å²) in [6.45, 7) is 2.02. The van der Waals surface area contributed by atoms with Crippen molar-refractivity contribution in [2.75, 3.05) is 11.9 Å². The predicted molar refractivity (Wildman–Crippen MR) is 77.5 cm³/mol. The first-order valence-corrected chi connectivity index (χ1v) is 6.69. The van der Waals surface area contributed by atoms with E-state index < -0.39 is 0 Å². The van der Waals surface area contributed by atoms with Crippen molar-refractivity contribution in [3.8, 4) is 11.1 Å². The summed E-state index contributed by atoms with van der Waals surface area (Å²) >= 11 is 0. The molecule has 0 fully saturated rings. The summed E-state index contributed by atoms with van der Waals surface area (Å²) in [7, 11) is 0. The van der Waals surface area contributed by atoms with Crippen LogP contribution in [0.4, 0.5) is 5.69 Å². The number of nitrogens with zero attached hydrogens (tertiary/aromatic N) is 1. The highest BCUT2D eigenvalue weighted by molar-refractivity contribution is 6.03. The summed E-state index contributed by atoms with van der Waals surface area (Å²) < 4.78 is 0. The Kier molecular flexibility index (Phi) is 3.24. The minimum Gasteiger partial charge on any atom is -0.396 e. The molecule has 2 heterocycles. The maximum absolute atomic E-state index is 11.7. The predicted octanol–water partition coefficient (Wildman–Crippen LogP) is 2.34. The van der Waals surface area contributed by atoms with Gasteiger partial charge in [-0.15, -0.1) is 0 Å². The smallest absolute Gasteiger partial charge is 0.231 e. The summed E-state index contributed by atoms with van der Waals surface area (Å²) in [5, 5.41) is 11.9. The Morgan fingerprint density at radius 1 is 1.25 bits per heavy atom. The lowest BCUT2D eigenvalue weighted by molar-refractivity contribution is -0.116. The van der Waals surface area contributed by atoms with Crippen molar-refractivity contribution < 1.29 is 9.90 Å². The zero-order valence-electron chi connectivity index (χ0n) is 11.3. The van der Waals surface area contributed by atoms with Gasteiger partial charge in [-0.2, -0.15) is 0 Å². The van der Waals surface area contributed by atoms with E-state index in [0.29, 0.717) is 6.42 Å². The van der Waals surface area contributed by atoms with Gasteiger partial charge < -0.3 is 10.4 Å². The van der Waals surface area contributed by atoms with Gasteiger partial charge in [0.15, 0.2) is 0 Å². The number of hydrogen-bond donors (Lipinski definition) is 2. The van der Waals surface area contributed by atoms with E-state index in [-0.39, 0.29) is 18.4 Å². The molecule has 0 radical (unpaired) electrons. The van der Waals surface area contributed by atoms with Crippen LogP contribution in [-0.2, 0) is 11.2 Å². The van der Waals surface area contributed by atoms with Crippen molar-refractivity contribution in [1.82, 2.24) is 4.98 Å². The molecule has 4 nitrogen and oxygen atoms in total. The van der Waals surface area contributed by atoms with Crippen molar-refractivity contribution in [3.63, 3.8) is 0 Å². The summed E-state index contributed by atoms with van der Waals surface area (Å²) in [6.07, 6.45) is 4.17. The van der Waals surface area contributed by atoms with Crippen LogP contribution in [0.15, 0.2) is 36.7 Å². The molecule has 1 aromatic heterocycles. The number of carbonyl (C=O) groups excluding carboxylic acids is 1. The van der Waals surface area contributed by atoms with Crippen LogP contribution in [0.5, 0.6) is 0 Å². The van der Waals surface area contributed by atoms with Crippen LogP contribution >= 0.6 is 0 Å². The SMILES string of the molecule is CC1C(=O)Nc2ccc(-c3cncc(CCO)c3)cc21. The molecule has 102 valence electrons. The molecular weight excluding hydrogens is 252 g/mol. The van der Waals surface area contributed by atoms with Gasteiger partial charge in [-0.3, -0.25) is 9.78 Å². The third-order valence-electron chi connectivity index (χ3n) is 3.70. The fourth-order valence-electron chi connectivity index (χ4n) is 2.51. The molecule has 20 heavy (non-hydrogen) atoms. The largest absolute Gasteiger partial charge is 0.396 e. The molecule has 0 saturated carbocycles. The van der Waals surface area contributed by atoms with Crippen LogP contribution in [0, 0.1) is 0 Å². The lowest BCUT2D eigenvalue weighted by Gasteiger charge is -2.07. The third-order valence-corrected chi connectivity index (χ3v) is 3.70. The van der Waals surface area contributed by atoms with E-state index in [1.165, 1.54) is 0 Å². The van der Waals surface area contributed by atoms with Gasteiger partial charge in [-0.25, -0.2) is 0 Å². The fraction of sp³-hybridized carbons (Fsp3) is 0.250. The molecule has 2 aromatic rings. The molecule has 1 aromatic carbocycles. The lowest BCUT2D eigenvalue weighted by atomic mass is 9.97. The van der Waals surface area contributed by atoms with E-state index in [1.807, 2.05) is 31.2 Å². The number of amides is 1. The van der Waals surface area contributed by atoms with Crippen molar-refractivity contribution in [2.24, 2.45) is 0 Å². The van der Waals surface area contributed by atoms with E-state index in [2.05, 4.69) is 10.3 Å². The van der Waals surface area contributed by atoms with Crippen LogP contribution in [0.2, 0.25) is 0 Å². The second-order valence-electron chi connectivity index (χ2n) is 5.07. The first-order chi connectivity index (χ1) is 9.69. The Morgan fingerprint density at radius 2 is 2.10 bits per heavy atom. The van der Waals surface area contributed by atoms with E-state index >= 15 is 0 Å². The molecule has 4 heteroatoms. The summed E-state index contributed by atoms with van der Waals surface area (Å²) in [6, 6.07) is 7.99. The van der Waals surface area contributed by atoms with E-state index in [9.17, 15) is 4.79 Å². The summed E-state index contributed by atoms with van der Waals surface area (Å²) in [5.74, 6) is -0.0668. The highest BCUT2D eigenvalue weighted by Crippen LogP contribution is 2.35. The maximum atomic E-state index is 11.7. The van der Waals surface area contributed by atoms with Gasteiger partial charge >= 0.3 is 0 Å². The van der Waals surface area contributed by atoms with Crippen LogP contribution in [0.25, 0.3) is 11.1 Å². The van der Waals surface area contributed by atoms with Crippen LogP contribution in [-0.4, -0.2) is 22.6 Å². The average Bonchev–Trinajstić information content (AvgIpc) is 2.75. The number of anilines is 1. The Morgan fingerprint density at radius 3 is 2.90 bits per heavy atom. The number of fused-ring (bicyclic) bond motifs is 1. The highest BCUT2D eigenvalue weighted by Gasteiger charge is 2.26. The van der Waals surface area contributed by atoms with Crippen molar-refractivity contribution in [2.45, 2.75) is 19.3 Å². The Bertz CT molecular complexity index is 667. The van der Waals surface area contributed by atoms with Gasteiger partial charge in [0, 0.05) is 30.3 Å². The number of pyridine rings is 1. The Labute approximate surface area is 117 Å². The molecule has 2 N–H and O–H groups in total. The molecular formula is C16H16N2O2. The number of hydrogen-bond acceptors (Lipinski definition) is 3. The number of aromatic nitrogens is 1. The number of aliphatic hydroxyl groups excluding tert-OH is 1. The number of benzene rings is 1. The summed E-state index contributed by atoms with van der Waals surface area (Å²) in [5.41, 5.74) is 4.98. The van der Waals surface area contributed by atoms with Crippen molar-refractivity contribution >= 4 is 11.6 Å². The van der Waals surface area contributed by atoms with Crippen molar-refractivity contribution in [3.05, 3.63) is 47.8 Å². The summed E-state index contributed by atoms with van der Waals surface area (Å²) in [4.78, 5) is 15.9. The van der Waals surface area contributed by atoms with Crippen LogP contribution in [0.1, 0.15) is 24.0 Å². The normalized spacial score (nSPS) is 16.9. The van der Waals surface area contributed by atoms with E-state index in [0.717, 1.165) is 27.9 Å². The average molecular weight is 268 g/mol. The number of nitrogens with one attached hydrogen (secondary N) is 1. The number of rotatable bonds is 3. The number of aliphatic hydroxyl groups is 1. The molecule has 0 spiro atoms. The van der Waals surface area contributed by atoms with Crippen LogP contribution in [0.3, 0.4) is 0 Å². The second kappa shape index (κ2) is 5.06. The van der Waals surface area contributed by atoms with E-state index in [1.54, 1.807) is 12.4 Å². The molecule has 1 aliphatic heterocycles. The van der Waals surface area contributed by atoms with Gasteiger partial charge in [-0.05, 0) is 48.2 Å². The molecule has 1 unspecified atom stereocenters. The lowest BCUT2D eigenvalue weighted by Crippen LogP contribution is -2.08. The Balaban J connectivity index is 2.00. The Hall–Kier alpha value is -2.20. The third kappa shape index (κ3) is 2.18. The minimum absolute atomic E-state index is 0.0457. The molecule has 0 bridgehead atoms. The molecule has 0 aliphatic carbocycles. The van der Waals surface area contributed by atoms with Crippen LogP contribution < -0.4 is 5.32 Å². The standard InChI is InChI=1S/C16H16N2O2/c1-10-14-7-12(2-3-15(14)18-16(10)20)13-6-11(4-5-19)8-17-9-13/h2-3,6-10,19H,4-5H2,1H3,(H,18,20). The fourth-order valence-corrected chi connectivity index (χ4v) is 2.51. The highest BCUT2D eigenvalue weighted by atomic mass is 16.3. The van der Waals surface area contributed by atoms with Gasteiger partial charge in [0.1, 0.15) is 0 Å². The van der Waals surface area contributed by atoms with Crippen molar-refractivity contribution in [1.29, 1.82) is 0 Å². The molecule has 3 rings (SSSR count). The second-order valence-corrected chi connectivity index (χ2v) is 5.07. The zero-order valence-corrected chi connectivity index (χ0v) is 11.3. The monoisotopic (exact) mass is 268 g/mol.